The summed E-state index contributed by atoms with van der Waals surface area (Å²) in [6, 6.07) is 8.22. The monoisotopic (exact) mass is 223 g/mol. The molecule has 1 aliphatic rings. The topological polar surface area (TPSA) is 52.5 Å². The van der Waals surface area contributed by atoms with Crippen LogP contribution in [0.1, 0.15) is 17.5 Å². The highest BCUT2D eigenvalue weighted by Gasteiger charge is 2.08. The van der Waals surface area contributed by atoms with E-state index in [4.69, 9.17) is 10.2 Å². The summed E-state index contributed by atoms with van der Waals surface area (Å²) in [4.78, 5) is 0. The van der Waals surface area contributed by atoms with Crippen LogP contribution in [0.2, 0.25) is 0 Å². The quantitative estimate of drug-likeness (QED) is 0.697. The maximum atomic E-state index is 8.67. The minimum atomic E-state index is -0.0648. The smallest absolute Gasteiger partial charge is 0.0676 e. The summed E-state index contributed by atoms with van der Waals surface area (Å²) >= 11 is 0. The van der Waals surface area contributed by atoms with Crippen molar-refractivity contribution in [2.24, 2.45) is 0 Å². The van der Waals surface area contributed by atoms with E-state index in [2.05, 4.69) is 24.4 Å². The second-order valence-corrected chi connectivity index (χ2v) is 4.11. The molecule has 0 aliphatic carbocycles. The van der Waals surface area contributed by atoms with Gasteiger partial charge in [-0.2, -0.15) is 0 Å². The highest BCUT2D eigenvalue weighted by molar-refractivity contribution is 5.21. The van der Waals surface area contributed by atoms with Crippen molar-refractivity contribution in [3.05, 3.63) is 35.4 Å². The lowest BCUT2D eigenvalue weighted by Gasteiger charge is -1.96. The van der Waals surface area contributed by atoms with Gasteiger partial charge in [-0.15, -0.1) is 0 Å². The van der Waals surface area contributed by atoms with Gasteiger partial charge in [-0.05, 0) is 31.9 Å². The number of hydrogen-bond donors (Lipinski definition) is 3. The Bertz CT molecular complexity index is 278. The van der Waals surface area contributed by atoms with E-state index in [0.29, 0.717) is 0 Å². The molecule has 0 radical (unpaired) electrons. The summed E-state index contributed by atoms with van der Waals surface area (Å²) in [6.07, 6.45) is 1.63. The number of benzene rings is 1. The molecule has 0 aromatic heterocycles. The van der Waals surface area contributed by atoms with Crippen molar-refractivity contribution in [1.82, 2.24) is 5.32 Å². The second-order valence-electron chi connectivity index (χ2n) is 4.11. The van der Waals surface area contributed by atoms with Gasteiger partial charge in [0.05, 0.1) is 6.10 Å². The van der Waals surface area contributed by atoms with Crippen LogP contribution in [-0.2, 0) is 6.42 Å². The van der Waals surface area contributed by atoms with Crippen LogP contribution >= 0.6 is 0 Å². The van der Waals surface area contributed by atoms with Crippen LogP contribution < -0.4 is 5.32 Å². The normalized spacial score (nSPS) is 19.1. The largest absolute Gasteiger partial charge is 0.396 e. The second kappa shape index (κ2) is 7.39. The zero-order chi connectivity index (χ0) is 11.8. The van der Waals surface area contributed by atoms with Crippen molar-refractivity contribution in [2.45, 2.75) is 25.9 Å². The average Bonchev–Trinajstić information content (AvgIpc) is 2.74. The lowest BCUT2D eigenvalue weighted by Crippen LogP contribution is -2.11. The van der Waals surface area contributed by atoms with Gasteiger partial charge in [-0.1, -0.05) is 29.8 Å². The molecule has 3 N–H and O–H groups in total. The number of aliphatic hydroxyl groups is 2. The molecule has 2 rings (SSSR count). The Morgan fingerprint density at radius 1 is 1.31 bits per heavy atom. The van der Waals surface area contributed by atoms with E-state index in [9.17, 15) is 0 Å². The molecule has 3 heteroatoms. The van der Waals surface area contributed by atoms with Crippen LogP contribution in [0.4, 0.5) is 0 Å². The lowest BCUT2D eigenvalue weighted by molar-refractivity contribution is 0.196. The van der Waals surface area contributed by atoms with E-state index >= 15 is 0 Å². The molecule has 1 aromatic rings. The van der Waals surface area contributed by atoms with Crippen molar-refractivity contribution >= 4 is 0 Å². The van der Waals surface area contributed by atoms with E-state index in [1.165, 1.54) is 11.1 Å². The van der Waals surface area contributed by atoms with Gasteiger partial charge in [-0.3, -0.25) is 0 Å². The lowest BCUT2D eigenvalue weighted by atomic mass is 10.1. The molecule has 1 atom stereocenters. The van der Waals surface area contributed by atoms with Gasteiger partial charge in [0.2, 0.25) is 0 Å². The van der Waals surface area contributed by atoms with Crippen molar-refractivity contribution in [1.29, 1.82) is 0 Å². The maximum absolute atomic E-state index is 8.67. The average molecular weight is 223 g/mol. The molecule has 90 valence electrons. The molecule has 0 spiro atoms. The number of aryl methyl sites for hydroxylation is 1. The van der Waals surface area contributed by atoms with E-state index in [1.807, 2.05) is 12.1 Å². The Morgan fingerprint density at radius 3 is 2.38 bits per heavy atom. The third-order valence-electron chi connectivity index (χ3n) is 2.56. The van der Waals surface area contributed by atoms with Crippen molar-refractivity contribution in [3.63, 3.8) is 0 Å². The molecular formula is C13H21NO2. The molecule has 1 unspecified atom stereocenters. The van der Waals surface area contributed by atoms with Crippen molar-refractivity contribution < 1.29 is 10.2 Å². The summed E-state index contributed by atoms with van der Waals surface area (Å²) in [5.41, 5.74) is 2.47. The highest BCUT2D eigenvalue weighted by atomic mass is 16.3. The van der Waals surface area contributed by atoms with Crippen LogP contribution in [0.5, 0.6) is 0 Å². The number of hydrogen-bond acceptors (Lipinski definition) is 3. The fourth-order valence-corrected chi connectivity index (χ4v) is 1.52. The molecule has 16 heavy (non-hydrogen) atoms. The molecule has 1 aliphatic heterocycles. The number of nitrogens with one attached hydrogen (secondary N) is 1. The molecule has 0 saturated carbocycles. The molecule has 1 aromatic carbocycles. The fourth-order valence-electron chi connectivity index (χ4n) is 1.52. The van der Waals surface area contributed by atoms with E-state index in [0.717, 1.165) is 25.9 Å². The zero-order valence-electron chi connectivity index (χ0n) is 9.82. The summed E-state index contributed by atoms with van der Waals surface area (Å²) < 4.78 is 0. The number of rotatable bonds is 2. The Kier molecular flexibility index (Phi) is 6.08. The van der Waals surface area contributed by atoms with Crippen molar-refractivity contribution in [3.8, 4) is 0 Å². The molecule has 3 nitrogen and oxygen atoms in total. The fraction of sp³-hybridized carbons (Fsp3) is 0.538. The van der Waals surface area contributed by atoms with Gasteiger partial charge < -0.3 is 15.5 Å². The van der Waals surface area contributed by atoms with Crippen LogP contribution in [0.25, 0.3) is 0 Å². The Morgan fingerprint density at radius 2 is 2.00 bits per heavy atom. The van der Waals surface area contributed by atoms with Crippen LogP contribution in [0, 0.1) is 6.92 Å². The Labute approximate surface area is 97.1 Å². The summed E-state index contributed by atoms with van der Waals surface area (Å²) in [5.74, 6) is 0. The minimum Gasteiger partial charge on any atom is -0.396 e. The Balaban J connectivity index is 0.000000181. The van der Waals surface area contributed by atoms with Gasteiger partial charge in [0, 0.05) is 13.2 Å². The molecule has 1 heterocycles. The highest BCUT2D eigenvalue weighted by Crippen LogP contribution is 2.02. The summed E-state index contributed by atoms with van der Waals surface area (Å²) in [5, 5.41) is 20.3. The van der Waals surface area contributed by atoms with Gasteiger partial charge in [0.15, 0.2) is 0 Å². The van der Waals surface area contributed by atoms with E-state index < -0.39 is 0 Å². The third kappa shape index (κ3) is 5.26. The Hall–Kier alpha value is -0.900. The first kappa shape index (κ1) is 13.2. The number of aliphatic hydroxyl groups excluding tert-OH is 2. The van der Waals surface area contributed by atoms with E-state index in [-0.39, 0.29) is 12.7 Å². The van der Waals surface area contributed by atoms with Gasteiger partial charge in [0.25, 0.3) is 0 Å². The SMILES string of the molecule is Cc1ccc(CCO)cc1.OC1CCNC1. The maximum Gasteiger partial charge on any atom is 0.0676 e. The zero-order valence-corrected chi connectivity index (χ0v) is 9.82. The van der Waals surface area contributed by atoms with Crippen LogP contribution in [0.15, 0.2) is 24.3 Å². The van der Waals surface area contributed by atoms with E-state index in [1.54, 1.807) is 0 Å². The van der Waals surface area contributed by atoms with Gasteiger partial charge in [-0.25, -0.2) is 0 Å². The van der Waals surface area contributed by atoms with Crippen LogP contribution in [0.3, 0.4) is 0 Å². The van der Waals surface area contributed by atoms with Gasteiger partial charge >= 0.3 is 0 Å². The molecule has 0 amide bonds. The molecular weight excluding hydrogens is 202 g/mol. The van der Waals surface area contributed by atoms with Crippen LogP contribution in [-0.4, -0.2) is 36.0 Å². The first-order valence-corrected chi connectivity index (χ1v) is 5.77. The number of β-amino-alcohol motifs (C(OH)–C–C–N with tert-alkyl or cyclic N) is 1. The first-order chi connectivity index (χ1) is 7.72. The molecule has 0 bridgehead atoms. The molecule has 1 fully saturated rings. The predicted octanol–water partition coefficient (Wildman–Crippen LogP) is 0.870. The third-order valence-corrected chi connectivity index (χ3v) is 2.56. The van der Waals surface area contributed by atoms with Gasteiger partial charge in [0.1, 0.15) is 0 Å². The summed E-state index contributed by atoms with van der Waals surface area (Å²) in [7, 11) is 0. The first-order valence-electron chi connectivity index (χ1n) is 5.77. The summed E-state index contributed by atoms with van der Waals surface area (Å²) in [6.45, 7) is 4.08. The molecule has 1 saturated heterocycles. The minimum absolute atomic E-state index is 0.0648. The van der Waals surface area contributed by atoms with Crippen molar-refractivity contribution in [2.75, 3.05) is 19.7 Å². The standard InChI is InChI=1S/C9H12O.C4H9NO/c1-8-2-4-9(5-3-8)6-7-10;6-4-1-2-5-3-4/h2-5,10H,6-7H2,1H3;4-6H,1-3H2. The predicted molar refractivity (Wildman–Crippen MR) is 65.5 cm³/mol.